The predicted octanol–water partition coefficient (Wildman–Crippen LogP) is 1.07. The summed E-state index contributed by atoms with van der Waals surface area (Å²) in [5.74, 6) is 0.991. The van der Waals surface area contributed by atoms with Crippen molar-refractivity contribution in [1.29, 1.82) is 0 Å². The number of aryl methyl sites for hydroxylation is 2. The maximum absolute atomic E-state index is 11.0. The smallest absolute Gasteiger partial charge is 0.203 e. The average molecular weight is 289 g/mol. The van der Waals surface area contributed by atoms with Gasteiger partial charge in [-0.05, 0) is 19.8 Å². The van der Waals surface area contributed by atoms with Gasteiger partial charge in [-0.3, -0.25) is 0 Å². The number of sulfone groups is 1. The quantitative estimate of drug-likeness (QED) is 0.689. The molecule has 7 heteroatoms. The Balaban J connectivity index is 2.43. The highest BCUT2D eigenvalue weighted by Gasteiger charge is 2.06. The summed E-state index contributed by atoms with van der Waals surface area (Å²) < 4.78 is 29.1. The first-order valence-electron chi connectivity index (χ1n) is 6.36. The van der Waals surface area contributed by atoms with Gasteiger partial charge in [0.15, 0.2) is 0 Å². The lowest BCUT2D eigenvalue weighted by Crippen LogP contribution is -2.13. The molecule has 0 fully saturated rings. The van der Waals surface area contributed by atoms with Crippen molar-refractivity contribution >= 4 is 15.8 Å². The second-order valence-corrected chi connectivity index (χ2v) is 6.92. The number of methoxy groups -OCH3 is 1. The van der Waals surface area contributed by atoms with E-state index in [9.17, 15) is 8.42 Å². The number of aromatic nitrogens is 2. The molecule has 110 valence electrons. The zero-order chi connectivity index (χ0) is 14.3. The number of nitrogens with one attached hydrogen (secondary N) is 1. The lowest BCUT2D eigenvalue weighted by Gasteiger charge is -2.09. The molecule has 0 saturated carbocycles. The topological polar surface area (TPSA) is 73.2 Å². The SMILES string of the molecule is COCCCn1cc(C)nc1NCCCS(C)(=O)=O. The van der Waals surface area contributed by atoms with E-state index in [0.29, 0.717) is 19.6 Å². The van der Waals surface area contributed by atoms with Crippen molar-refractivity contribution in [3.63, 3.8) is 0 Å². The van der Waals surface area contributed by atoms with Crippen LogP contribution in [0.25, 0.3) is 0 Å². The van der Waals surface area contributed by atoms with Crippen molar-refractivity contribution in [2.45, 2.75) is 26.3 Å². The van der Waals surface area contributed by atoms with Gasteiger partial charge in [0.2, 0.25) is 5.95 Å². The molecule has 0 bridgehead atoms. The Morgan fingerprint density at radius 2 is 2.16 bits per heavy atom. The van der Waals surface area contributed by atoms with Gasteiger partial charge in [-0.2, -0.15) is 0 Å². The van der Waals surface area contributed by atoms with E-state index in [2.05, 4.69) is 10.3 Å². The summed E-state index contributed by atoms with van der Waals surface area (Å²) in [5, 5.41) is 3.18. The molecule has 1 rings (SSSR count). The van der Waals surface area contributed by atoms with Crippen LogP contribution in [0.4, 0.5) is 5.95 Å². The number of hydrogen-bond acceptors (Lipinski definition) is 5. The van der Waals surface area contributed by atoms with E-state index in [0.717, 1.165) is 24.6 Å². The summed E-state index contributed by atoms with van der Waals surface area (Å²) in [5.41, 5.74) is 0.947. The maximum Gasteiger partial charge on any atom is 0.203 e. The first-order chi connectivity index (χ1) is 8.92. The Labute approximate surface area is 115 Å². The molecule has 0 spiro atoms. The molecule has 0 unspecified atom stereocenters. The van der Waals surface area contributed by atoms with Crippen LogP contribution in [0.15, 0.2) is 6.20 Å². The molecule has 0 atom stereocenters. The fourth-order valence-corrected chi connectivity index (χ4v) is 2.44. The summed E-state index contributed by atoms with van der Waals surface area (Å²) in [4.78, 5) is 4.38. The summed E-state index contributed by atoms with van der Waals surface area (Å²) in [7, 11) is -1.20. The molecule has 0 aliphatic carbocycles. The van der Waals surface area contributed by atoms with E-state index in [-0.39, 0.29) is 5.75 Å². The molecule has 0 aromatic carbocycles. The monoisotopic (exact) mass is 289 g/mol. The summed E-state index contributed by atoms with van der Waals surface area (Å²) in [6, 6.07) is 0. The molecule has 0 aliphatic heterocycles. The number of anilines is 1. The summed E-state index contributed by atoms with van der Waals surface area (Å²) in [6.07, 6.45) is 4.74. The van der Waals surface area contributed by atoms with E-state index in [1.54, 1.807) is 7.11 Å². The van der Waals surface area contributed by atoms with Crippen LogP contribution in [0, 0.1) is 6.92 Å². The van der Waals surface area contributed by atoms with Crippen LogP contribution in [0.5, 0.6) is 0 Å². The summed E-state index contributed by atoms with van der Waals surface area (Å²) in [6.45, 7) is 4.09. The Kier molecular flexibility index (Phi) is 6.30. The van der Waals surface area contributed by atoms with E-state index < -0.39 is 9.84 Å². The standard InChI is InChI=1S/C12H23N3O3S/c1-11-10-15(7-5-8-18-2)12(14-11)13-6-4-9-19(3,16)17/h10H,4-9H2,1-3H3,(H,13,14). The van der Waals surface area contributed by atoms with Gasteiger partial charge in [0.05, 0.1) is 11.4 Å². The van der Waals surface area contributed by atoms with Crippen LogP contribution in [-0.4, -0.2) is 50.2 Å². The molecule has 6 nitrogen and oxygen atoms in total. The third kappa shape index (κ3) is 6.58. The molecule has 19 heavy (non-hydrogen) atoms. The summed E-state index contributed by atoms with van der Waals surface area (Å²) >= 11 is 0. The molecular formula is C12H23N3O3S. The highest BCUT2D eigenvalue weighted by atomic mass is 32.2. The van der Waals surface area contributed by atoms with E-state index >= 15 is 0 Å². The zero-order valence-corrected chi connectivity index (χ0v) is 12.7. The number of nitrogens with zero attached hydrogens (tertiary/aromatic N) is 2. The first-order valence-corrected chi connectivity index (χ1v) is 8.43. The molecule has 0 saturated heterocycles. The van der Waals surface area contributed by atoms with E-state index in [1.165, 1.54) is 6.26 Å². The Morgan fingerprint density at radius 1 is 1.42 bits per heavy atom. The highest BCUT2D eigenvalue weighted by Crippen LogP contribution is 2.09. The molecule has 0 aliphatic rings. The van der Waals surface area contributed by atoms with E-state index in [4.69, 9.17) is 4.74 Å². The molecule has 1 aromatic rings. The lowest BCUT2D eigenvalue weighted by molar-refractivity contribution is 0.190. The predicted molar refractivity (Wildman–Crippen MR) is 76.3 cm³/mol. The van der Waals surface area contributed by atoms with Gasteiger partial charge < -0.3 is 14.6 Å². The van der Waals surface area contributed by atoms with Crippen LogP contribution in [0.1, 0.15) is 18.5 Å². The van der Waals surface area contributed by atoms with Gasteiger partial charge in [-0.1, -0.05) is 0 Å². The number of hydrogen-bond donors (Lipinski definition) is 1. The van der Waals surface area contributed by atoms with Gasteiger partial charge >= 0.3 is 0 Å². The molecule has 0 radical (unpaired) electrons. The second-order valence-electron chi connectivity index (χ2n) is 4.66. The van der Waals surface area contributed by atoms with Crippen molar-refractivity contribution in [2.75, 3.05) is 37.6 Å². The Hall–Kier alpha value is -1.08. The maximum atomic E-state index is 11.0. The van der Waals surface area contributed by atoms with Gasteiger partial charge in [0.1, 0.15) is 9.84 Å². The Bertz CT molecular complexity index is 482. The molecule has 1 N–H and O–H groups in total. The average Bonchev–Trinajstić information content (AvgIpc) is 2.65. The van der Waals surface area contributed by atoms with Crippen LogP contribution in [0.2, 0.25) is 0 Å². The number of ether oxygens (including phenoxy) is 1. The molecule has 1 heterocycles. The van der Waals surface area contributed by atoms with Crippen molar-refractivity contribution in [3.8, 4) is 0 Å². The largest absolute Gasteiger partial charge is 0.385 e. The van der Waals surface area contributed by atoms with Crippen LogP contribution < -0.4 is 5.32 Å². The van der Waals surface area contributed by atoms with Gasteiger partial charge in [-0.15, -0.1) is 0 Å². The molecule has 0 amide bonds. The van der Waals surface area contributed by atoms with Gasteiger partial charge in [0, 0.05) is 39.3 Å². The Morgan fingerprint density at radius 3 is 2.79 bits per heavy atom. The lowest BCUT2D eigenvalue weighted by atomic mass is 10.4. The van der Waals surface area contributed by atoms with Crippen molar-refractivity contribution in [1.82, 2.24) is 9.55 Å². The van der Waals surface area contributed by atoms with Crippen LogP contribution in [-0.2, 0) is 21.1 Å². The number of imidazole rings is 1. The minimum atomic E-state index is -2.88. The zero-order valence-electron chi connectivity index (χ0n) is 11.8. The first kappa shape index (κ1) is 16.0. The van der Waals surface area contributed by atoms with Crippen LogP contribution >= 0.6 is 0 Å². The van der Waals surface area contributed by atoms with Crippen molar-refractivity contribution in [3.05, 3.63) is 11.9 Å². The third-order valence-corrected chi connectivity index (χ3v) is 3.65. The van der Waals surface area contributed by atoms with Gasteiger partial charge in [-0.25, -0.2) is 13.4 Å². The molecule has 1 aromatic heterocycles. The van der Waals surface area contributed by atoms with Crippen LogP contribution in [0.3, 0.4) is 0 Å². The van der Waals surface area contributed by atoms with E-state index in [1.807, 2.05) is 17.7 Å². The second kappa shape index (κ2) is 7.49. The van der Waals surface area contributed by atoms with Gasteiger partial charge in [0.25, 0.3) is 0 Å². The minimum absolute atomic E-state index is 0.198. The number of rotatable bonds is 9. The van der Waals surface area contributed by atoms with Crippen molar-refractivity contribution < 1.29 is 13.2 Å². The fraction of sp³-hybridized carbons (Fsp3) is 0.750. The van der Waals surface area contributed by atoms with Crippen molar-refractivity contribution in [2.24, 2.45) is 0 Å². The third-order valence-electron chi connectivity index (χ3n) is 2.62. The minimum Gasteiger partial charge on any atom is -0.385 e. The highest BCUT2D eigenvalue weighted by molar-refractivity contribution is 7.90. The fourth-order valence-electron chi connectivity index (χ4n) is 1.77. The normalized spacial score (nSPS) is 11.7. The molecular weight excluding hydrogens is 266 g/mol.